The van der Waals surface area contributed by atoms with Crippen LogP contribution in [0, 0.1) is 5.82 Å². The van der Waals surface area contributed by atoms with Crippen LogP contribution in [0.5, 0.6) is 0 Å². The number of fused-ring (bicyclic) bond motifs is 1. The fourth-order valence-electron chi connectivity index (χ4n) is 2.17. The normalized spacial score (nSPS) is 10.7. The first-order valence-corrected chi connectivity index (χ1v) is 6.92. The lowest BCUT2D eigenvalue weighted by Gasteiger charge is -2.07. The number of carbonyl (C=O) groups is 1. The Kier molecular flexibility index (Phi) is 3.84. The standard InChI is InChI=1S/C16H14FN3O3/c1-20-13-7-6-12(8-14(13)23-16(20)22)19-15(21)18-9-10-2-4-11(17)5-3-10/h2-8H,9H2,1H3,(H2,18,19,21). The number of nitrogens with one attached hydrogen (secondary N) is 2. The number of benzene rings is 2. The lowest BCUT2D eigenvalue weighted by molar-refractivity contribution is 0.251. The molecule has 118 valence electrons. The van der Waals surface area contributed by atoms with E-state index in [0.717, 1.165) is 5.56 Å². The molecule has 0 unspecified atom stereocenters. The minimum absolute atomic E-state index is 0.273. The zero-order chi connectivity index (χ0) is 16.4. The van der Waals surface area contributed by atoms with Gasteiger partial charge in [-0.1, -0.05) is 12.1 Å². The van der Waals surface area contributed by atoms with E-state index < -0.39 is 11.8 Å². The van der Waals surface area contributed by atoms with Crippen molar-refractivity contribution in [3.05, 3.63) is 64.4 Å². The minimum Gasteiger partial charge on any atom is -0.408 e. The molecule has 3 rings (SSSR count). The largest absolute Gasteiger partial charge is 0.419 e. The number of hydrogen-bond acceptors (Lipinski definition) is 3. The van der Waals surface area contributed by atoms with E-state index in [-0.39, 0.29) is 12.4 Å². The van der Waals surface area contributed by atoms with Gasteiger partial charge in [0.05, 0.1) is 5.52 Å². The Morgan fingerprint density at radius 2 is 1.96 bits per heavy atom. The number of halogens is 1. The van der Waals surface area contributed by atoms with Crippen molar-refractivity contribution >= 4 is 22.8 Å². The van der Waals surface area contributed by atoms with E-state index in [9.17, 15) is 14.0 Å². The minimum atomic E-state index is -0.460. The molecule has 23 heavy (non-hydrogen) atoms. The number of carbonyl (C=O) groups excluding carboxylic acids is 1. The van der Waals surface area contributed by atoms with E-state index in [1.165, 1.54) is 16.7 Å². The molecule has 2 aromatic carbocycles. The number of rotatable bonds is 3. The number of anilines is 1. The molecule has 6 nitrogen and oxygen atoms in total. The highest BCUT2D eigenvalue weighted by molar-refractivity contribution is 5.91. The second-order valence-electron chi connectivity index (χ2n) is 5.04. The lowest BCUT2D eigenvalue weighted by atomic mass is 10.2. The molecule has 0 radical (unpaired) electrons. The number of aromatic nitrogens is 1. The molecule has 2 amide bonds. The molecule has 0 aliphatic carbocycles. The first kappa shape index (κ1) is 14.8. The molecule has 0 saturated heterocycles. The second kappa shape index (κ2) is 5.96. The average molecular weight is 315 g/mol. The van der Waals surface area contributed by atoms with Gasteiger partial charge in [0.2, 0.25) is 0 Å². The summed E-state index contributed by atoms with van der Waals surface area (Å²) in [5.74, 6) is -0.784. The van der Waals surface area contributed by atoms with Crippen LogP contribution in [0.1, 0.15) is 5.56 Å². The topological polar surface area (TPSA) is 76.3 Å². The van der Waals surface area contributed by atoms with Gasteiger partial charge < -0.3 is 15.1 Å². The SMILES string of the molecule is Cn1c(=O)oc2cc(NC(=O)NCc3ccc(F)cc3)ccc21. The van der Waals surface area contributed by atoms with Crippen LogP contribution >= 0.6 is 0 Å². The maximum absolute atomic E-state index is 12.8. The van der Waals surface area contributed by atoms with Gasteiger partial charge in [-0.2, -0.15) is 0 Å². The molecule has 0 atom stereocenters. The fourth-order valence-corrected chi connectivity index (χ4v) is 2.17. The quantitative estimate of drug-likeness (QED) is 0.780. The van der Waals surface area contributed by atoms with Crippen LogP contribution in [0.4, 0.5) is 14.9 Å². The van der Waals surface area contributed by atoms with Gasteiger partial charge in [-0.3, -0.25) is 4.57 Å². The third kappa shape index (κ3) is 3.23. The second-order valence-corrected chi connectivity index (χ2v) is 5.04. The van der Waals surface area contributed by atoms with Crippen molar-refractivity contribution < 1.29 is 13.6 Å². The van der Waals surface area contributed by atoms with Gasteiger partial charge in [0.25, 0.3) is 0 Å². The summed E-state index contributed by atoms with van der Waals surface area (Å²) in [6, 6.07) is 10.4. The number of nitrogens with zero attached hydrogens (tertiary/aromatic N) is 1. The van der Waals surface area contributed by atoms with Crippen molar-refractivity contribution in [2.75, 3.05) is 5.32 Å². The third-order valence-electron chi connectivity index (χ3n) is 3.42. The van der Waals surface area contributed by atoms with E-state index in [1.54, 1.807) is 37.4 Å². The van der Waals surface area contributed by atoms with E-state index in [1.807, 2.05) is 0 Å². The van der Waals surface area contributed by atoms with Gasteiger partial charge in [0.1, 0.15) is 5.82 Å². The Hall–Kier alpha value is -3.09. The van der Waals surface area contributed by atoms with Crippen LogP contribution in [0.15, 0.2) is 51.7 Å². The predicted octanol–water partition coefficient (Wildman–Crippen LogP) is 2.59. The van der Waals surface area contributed by atoms with Crippen LogP contribution in [0.3, 0.4) is 0 Å². The van der Waals surface area contributed by atoms with Gasteiger partial charge in [-0.15, -0.1) is 0 Å². The summed E-state index contributed by atoms with van der Waals surface area (Å²) in [6.07, 6.45) is 0. The molecule has 0 spiro atoms. The van der Waals surface area contributed by atoms with Crippen LogP contribution in [-0.2, 0) is 13.6 Å². The van der Waals surface area contributed by atoms with Crippen LogP contribution in [0.2, 0.25) is 0 Å². The lowest BCUT2D eigenvalue weighted by Crippen LogP contribution is -2.28. The number of oxazole rings is 1. The van der Waals surface area contributed by atoms with Crippen molar-refractivity contribution in [2.24, 2.45) is 7.05 Å². The molecule has 0 aliphatic rings. The summed E-state index contributed by atoms with van der Waals surface area (Å²) in [5.41, 5.74) is 2.33. The zero-order valence-electron chi connectivity index (χ0n) is 12.3. The molecule has 1 heterocycles. The average Bonchev–Trinajstić information content (AvgIpc) is 2.81. The monoisotopic (exact) mass is 315 g/mol. The number of amides is 2. The Morgan fingerprint density at radius 1 is 1.22 bits per heavy atom. The van der Waals surface area contributed by atoms with Gasteiger partial charge >= 0.3 is 11.8 Å². The van der Waals surface area contributed by atoms with E-state index in [4.69, 9.17) is 4.42 Å². The van der Waals surface area contributed by atoms with Crippen molar-refractivity contribution in [3.63, 3.8) is 0 Å². The van der Waals surface area contributed by atoms with Crippen molar-refractivity contribution in [2.45, 2.75) is 6.54 Å². The molecule has 0 aliphatic heterocycles. The van der Waals surface area contributed by atoms with E-state index in [0.29, 0.717) is 16.8 Å². The van der Waals surface area contributed by atoms with Crippen molar-refractivity contribution in [1.82, 2.24) is 9.88 Å². The fraction of sp³-hybridized carbons (Fsp3) is 0.125. The van der Waals surface area contributed by atoms with Crippen LogP contribution in [0.25, 0.3) is 11.1 Å². The summed E-state index contributed by atoms with van der Waals surface area (Å²) in [4.78, 5) is 23.3. The highest BCUT2D eigenvalue weighted by Crippen LogP contribution is 2.17. The van der Waals surface area contributed by atoms with Crippen molar-refractivity contribution in [1.29, 1.82) is 0 Å². The third-order valence-corrected chi connectivity index (χ3v) is 3.42. The van der Waals surface area contributed by atoms with Gasteiger partial charge in [0.15, 0.2) is 5.58 Å². The summed E-state index contributed by atoms with van der Waals surface area (Å²) >= 11 is 0. The summed E-state index contributed by atoms with van der Waals surface area (Å²) in [5, 5.41) is 5.31. The molecular weight excluding hydrogens is 301 g/mol. The Morgan fingerprint density at radius 3 is 2.70 bits per heavy atom. The number of aryl methyl sites for hydroxylation is 1. The first-order chi connectivity index (χ1) is 11.0. The first-order valence-electron chi connectivity index (χ1n) is 6.92. The molecule has 3 aromatic rings. The Bertz CT molecular complexity index is 912. The van der Waals surface area contributed by atoms with Gasteiger partial charge in [0, 0.05) is 25.3 Å². The van der Waals surface area contributed by atoms with Crippen molar-refractivity contribution in [3.8, 4) is 0 Å². The molecule has 1 aromatic heterocycles. The number of hydrogen-bond donors (Lipinski definition) is 2. The molecule has 7 heteroatoms. The Labute approximate surface area is 130 Å². The van der Waals surface area contributed by atoms with Crippen LogP contribution in [-0.4, -0.2) is 10.6 Å². The van der Waals surface area contributed by atoms with Gasteiger partial charge in [-0.25, -0.2) is 14.0 Å². The Balaban J connectivity index is 1.65. The summed E-state index contributed by atoms with van der Waals surface area (Å²) < 4.78 is 19.2. The zero-order valence-corrected chi connectivity index (χ0v) is 12.3. The maximum atomic E-state index is 12.8. The van der Waals surface area contributed by atoms with Crippen LogP contribution < -0.4 is 16.4 Å². The molecule has 0 saturated carbocycles. The number of urea groups is 1. The molecular formula is C16H14FN3O3. The van der Waals surface area contributed by atoms with E-state index in [2.05, 4.69) is 10.6 Å². The highest BCUT2D eigenvalue weighted by Gasteiger charge is 2.08. The molecule has 0 fully saturated rings. The molecule has 2 N–H and O–H groups in total. The van der Waals surface area contributed by atoms with Gasteiger partial charge in [-0.05, 0) is 29.8 Å². The van der Waals surface area contributed by atoms with E-state index >= 15 is 0 Å². The summed E-state index contributed by atoms with van der Waals surface area (Å²) in [6.45, 7) is 0.273. The predicted molar refractivity (Wildman–Crippen MR) is 83.7 cm³/mol. The smallest absolute Gasteiger partial charge is 0.408 e. The maximum Gasteiger partial charge on any atom is 0.419 e. The summed E-state index contributed by atoms with van der Waals surface area (Å²) in [7, 11) is 1.61. The molecule has 0 bridgehead atoms. The highest BCUT2D eigenvalue weighted by atomic mass is 19.1.